The molecule has 2 atom stereocenters. The topological polar surface area (TPSA) is 67.5 Å². The molecule has 0 unspecified atom stereocenters. The van der Waals surface area contributed by atoms with E-state index in [-0.39, 0.29) is 23.4 Å². The van der Waals surface area contributed by atoms with Gasteiger partial charge in [-0.3, -0.25) is 4.79 Å². The lowest BCUT2D eigenvalue weighted by molar-refractivity contribution is 0.140. The lowest BCUT2D eigenvalue weighted by Gasteiger charge is -2.43. The molecule has 6 nitrogen and oxygen atoms in total. The van der Waals surface area contributed by atoms with E-state index in [2.05, 4.69) is 5.32 Å². The summed E-state index contributed by atoms with van der Waals surface area (Å²) in [6.45, 7) is 1.63. The van der Waals surface area contributed by atoms with Crippen molar-refractivity contribution in [3.05, 3.63) is 76.7 Å². The van der Waals surface area contributed by atoms with E-state index < -0.39 is 5.82 Å². The fourth-order valence-corrected chi connectivity index (χ4v) is 4.59. The molecule has 1 aromatic carbocycles. The quantitative estimate of drug-likeness (QED) is 0.718. The highest BCUT2D eigenvalue weighted by atomic mass is 19.1. The number of carbonyl (C=O) groups excluding carboxylic acids is 1. The fourth-order valence-electron chi connectivity index (χ4n) is 4.59. The lowest BCUT2D eigenvalue weighted by Crippen LogP contribution is -2.50. The van der Waals surface area contributed by atoms with Gasteiger partial charge in [-0.2, -0.15) is 0 Å². The van der Waals surface area contributed by atoms with Gasteiger partial charge in [0.1, 0.15) is 11.6 Å². The average molecular weight is 393 g/mol. The summed E-state index contributed by atoms with van der Waals surface area (Å²) in [6, 6.07) is 12.7. The normalized spacial score (nSPS) is 20.2. The first kappa shape index (κ1) is 17.7. The Morgan fingerprint density at radius 2 is 2.00 bits per heavy atom. The fraction of sp³-hybridized carbons (Fsp3) is 0.273. The van der Waals surface area contributed by atoms with Crippen molar-refractivity contribution in [2.24, 2.45) is 5.92 Å². The van der Waals surface area contributed by atoms with Gasteiger partial charge in [-0.1, -0.05) is 6.07 Å². The molecule has 2 aliphatic heterocycles. The van der Waals surface area contributed by atoms with Crippen molar-refractivity contribution < 1.29 is 13.6 Å². The number of urea groups is 1. The zero-order chi connectivity index (χ0) is 20.0. The molecular weight excluding hydrogens is 373 g/mol. The largest absolute Gasteiger partial charge is 0.464 e. The van der Waals surface area contributed by atoms with Crippen molar-refractivity contribution in [1.29, 1.82) is 0 Å². The van der Waals surface area contributed by atoms with Crippen LogP contribution in [0.15, 0.2) is 64.0 Å². The number of hydrogen-bond acceptors (Lipinski definition) is 3. The summed E-state index contributed by atoms with van der Waals surface area (Å²) in [5.41, 5.74) is 2.22. The first-order chi connectivity index (χ1) is 14.1. The average Bonchev–Trinajstić information content (AvgIpc) is 3.23. The summed E-state index contributed by atoms with van der Waals surface area (Å²) < 4.78 is 20.8. The number of hydrogen-bond donors (Lipinski definition) is 1. The number of piperidine rings is 1. The van der Waals surface area contributed by atoms with Gasteiger partial charge in [0, 0.05) is 48.6 Å². The molecule has 0 saturated carbocycles. The monoisotopic (exact) mass is 393 g/mol. The van der Waals surface area contributed by atoms with Crippen molar-refractivity contribution >= 4 is 11.7 Å². The van der Waals surface area contributed by atoms with Crippen LogP contribution in [0.1, 0.15) is 18.0 Å². The number of likely N-dealkylation sites (tertiary alicyclic amines) is 1. The highest BCUT2D eigenvalue weighted by Gasteiger charge is 2.38. The molecule has 3 aromatic rings. The maximum Gasteiger partial charge on any atom is 0.321 e. The Balaban J connectivity index is 1.45. The molecule has 2 aliphatic rings. The van der Waals surface area contributed by atoms with Gasteiger partial charge in [-0.25, -0.2) is 9.18 Å². The first-order valence-corrected chi connectivity index (χ1v) is 9.67. The van der Waals surface area contributed by atoms with Crippen molar-refractivity contribution in [3.8, 4) is 11.3 Å². The van der Waals surface area contributed by atoms with Crippen LogP contribution in [0.2, 0.25) is 0 Å². The highest BCUT2D eigenvalue weighted by molar-refractivity contribution is 5.89. The molecule has 7 heteroatoms. The summed E-state index contributed by atoms with van der Waals surface area (Å²) >= 11 is 0. The minimum Gasteiger partial charge on any atom is -0.464 e. The number of carbonyl (C=O) groups is 1. The number of amides is 2. The van der Waals surface area contributed by atoms with Gasteiger partial charge in [-0.15, -0.1) is 0 Å². The summed E-state index contributed by atoms with van der Waals surface area (Å²) in [6.07, 6.45) is 2.53. The molecule has 1 saturated heterocycles. The number of nitrogens with one attached hydrogen (secondary N) is 1. The molecule has 0 spiro atoms. The third-order valence-electron chi connectivity index (χ3n) is 5.74. The zero-order valence-corrected chi connectivity index (χ0v) is 15.7. The van der Waals surface area contributed by atoms with Gasteiger partial charge in [0.15, 0.2) is 0 Å². The Morgan fingerprint density at radius 1 is 1.10 bits per heavy atom. The van der Waals surface area contributed by atoms with Gasteiger partial charge in [0.2, 0.25) is 0 Å². The molecule has 1 fully saturated rings. The first-order valence-electron chi connectivity index (χ1n) is 9.67. The van der Waals surface area contributed by atoms with Crippen LogP contribution in [0, 0.1) is 11.7 Å². The second-order valence-electron chi connectivity index (χ2n) is 7.70. The maximum atomic E-state index is 13.4. The molecule has 0 aliphatic carbocycles. The minimum absolute atomic E-state index is 0.0253. The van der Waals surface area contributed by atoms with Crippen molar-refractivity contribution in [2.45, 2.75) is 18.9 Å². The number of furan rings is 1. The van der Waals surface area contributed by atoms with Crippen LogP contribution in [0.3, 0.4) is 0 Å². The summed E-state index contributed by atoms with van der Waals surface area (Å²) in [5.74, 6) is 0.557. The molecule has 2 amide bonds. The molecule has 1 N–H and O–H groups in total. The molecule has 4 heterocycles. The Hall–Kier alpha value is -3.35. The number of rotatable bonds is 2. The van der Waals surface area contributed by atoms with Crippen LogP contribution in [0.5, 0.6) is 0 Å². The number of halogens is 1. The Labute approximate surface area is 166 Å². The van der Waals surface area contributed by atoms with Gasteiger partial charge >= 0.3 is 6.03 Å². The number of benzene rings is 1. The predicted molar refractivity (Wildman–Crippen MR) is 106 cm³/mol. The Morgan fingerprint density at radius 3 is 2.79 bits per heavy atom. The van der Waals surface area contributed by atoms with E-state index in [0.717, 1.165) is 17.7 Å². The summed E-state index contributed by atoms with van der Waals surface area (Å²) in [5, 5.41) is 2.78. The predicted octanol–water partition coefficient (Wildman–Crippen LogP) is 3.90. The van der Waals surface area contributed by atoms with E-state index in [0.29, 0.717) is 31.1 Å². The van der Waals surface area contributed by atoms with Crippen molar-refractivity contribution in [3.63, 3.8) is 0 Å². The standard InChI is InChI=1S/C22H20FN3O3/c23-16-3-1-4-17(10-16)24-22(28)25-11-14-9-15(13-25)21-18(19-5-2-8-29-19)6-7-20(27)26(21)12-14/h1-8,10,14-15H,9,11-13H2,(H,24,28)/t14-,15+/m0/s1. The van der Waals surface area contributed by atoms with Crippen LogP contribution in [0.25, 0.3) is 11.3 Å². The number of aromatic nitrogens is 1. The summed E-state index contributed by atoms with van der Waals surface area (Å²) in [7, 11) is 0. The Kier molecular flexibility index (Phi) is 4.23. The number of nitrogens with zero attached hydrogens (tertiary/aromatic N) is 2. The second-order valence-corrected chi connectivity index (χ2v) is 7.70. The molecular formula is C22H20FN3O3. The van der Waals surface area contributed by atoms with Gasteiger partial charge in [0.25, 0.3) is 5.56 Å². The van der Waals surface area contributed by atoms with Crippen LogP contribution < -0.4 is 10.9 Å². The van der Waals surface area contributed by atoms with E-state index in [1.807, 2.05) is 16.7 Å². The van der Waals surface area contributed by atoms with Crippen molar-refractivity contribution in [1.82, 2.24) is 9.47 Å². The van der Waals surface area contributed by atoms with Gasteiger partial charge in [0.05, 0.1) is 6.26 Å². The smallest absolute Gasteiger partial charge is 0.321 e. The SMILES string of the molecule is O=C(Nc1cccc(F)c1)N1C[C@@H]2C[C@H](C1)c1c(-c3ccco3)ccc(=O)n1C2. The van der Waals surface area contributed by atoms with Crippen LogP contribution >= 0.6 is 0 Å². The van der Waals surface area contributed by atoms with Gasteiger partial charge in [-0.05, 0) is 48.7 Å². The second kappa shape index (κ2) is 6.92. The molecule has 5 rings (SSSR count). The molecule has 0 radical (unpaired) electrons. The third-order valence-corrected chi connectivity index (χ3v) is 5.74. The number of anilines is 1. The van der Waals surface area contributed by atoms with Crippen molar-refractivity contribution in [2.75, 3.05) is 18.4 Å². The van der Waals surface area contributed by atoms with Gasteiger partial charge < -0.3 is 19.2 Å². The Bertz CT molecular complexity index is 1120. The molecule has 2 aromatic heterocycles. The van der Waals surface area contributed by atoms with Crippen LogP contribution in [-0.4, -0.2) is 28.6 Å². The highest BCUT2D eigenvalue weighted by Crippen LogP contribution is 2.40. The molecule has 148 valence electrons. The minimum atomic E-state index is -0.394. The van der Waals surface area contributed by atoms with E-state index in [1.165, 1.54) is 12.1 Å². The summed E-state index contributed by atoms with van der Waals surface area (Å²) in [4.78, 5) is 27.1. The maximum absolute atomic E-state index is 13.4. The number of fused-ring (bicyclic) bond motifs is 4. The third kappa shape index (κ3) is 3.22. The van der Waals surface area contributed by atoms with Crippen LogP contribution in [-0.2, 0) is 6.54 Å². The van der Waals surface area contributed by atoms with E-state index in [9.17, 15) is 14.0 Å². The van der Waals surface area contributed by atoms with E-state index in [4.69, 9.17) is 4.42 Å². The van der Waals surface area contributed by atoms with E-state index >= 15 is 0 Å². The molecule has 2 bridgehead atoms. The lowest BCUT2D eigenvalue weighted by atomic mass is 9.81. The molecule has 29 heavy (non-hydrogen) atoms. The van der Waals surface area contributed by atoms with E-state index in [1.54, 1.807) is 35.4 Å². The number of pyridine rings is 1. The van der Waals surface area contributed by atoms with Crippen LogP contribution in [0.4, 0.5) is 14.9 Å². The zero-order valence-electron chi connectivity index (χ0n) is 15.7.